The highest BCUT2D eigenvalue weighted by atomic mass is 35.5. The number of amides is 1. The van der Waals surface area contributed by atoms with Crippen molar-refractivity contribution in [2.75, 3.05) is 23.3 Å². The maximum absolute atomic E-state index is 15.3. The molecule has 12 heteroatoms. The molecule has 0 unspecified atom stereocenters. The molecule has 1 amide bonds. The van der Waals surface area contributed by atoms with Gasteiger partial charge in [-0.05, 0) is 36.6 Å². The van der Waals surface area contributed by atoms with Gasteiger partial charge in [-0.15, -0.1) is 24.8 Å². The van der Waals surface area contributed by atoms with Crippen molar-refractivity contribution in [2.24, 2.45) is 11.7 Å². The number of hydrogen-bond acceptors (Lipinski definition) is 4. The molecular formula is C24H23Cl3F4N4O. The summed E-state index contributed by atoms with van der Waals surface area (Å²) >= 11 is 6.38. The summed E-state index contributed by atoms with van der Waals surface area (Å²) in [7, 11) is 0. The van der Waals surface area contributed by atoms with E-state index in [2.05, 4.69) is 10.3 Å². The lowest BCUT2D eigenvalue weighted by Gasteiger charge is -2.37. The van der Waals surface area contributed by atoms with Gasteiger partial charge in [0.1, 0.15) is 23.3 Å². The molecule has 36 heavy (non-hydrogen) atoms. The topological polar surface area (TPSA) is 71.2 Å². The zero-order valence-corrected chi connectivity index (χ0v) is 21.3. The highest BCUT2D eigenvalue weighted by Crippen LogP contribution is 2.37. The molecule has 5 nitrogen and oxygen atoms in total. The summed E-state index contributed by atoms with van der Waals surface area (Å²) in [5.74, 6) is -5.62. The lowest BCUT2D eigenvalue weighted by molar-refractivity contribution is 0.102. The zero-order valence-electron chi connectivity index (χ0n) is 18.9. The number of aromatic nitrogens is 1. The zero-order chi connectivity index (χ0) is 24.6. The number of nitrogens with two attached hydrogens (primary N) is 1. The van der Waals surface area contributed by atoms with Gasteiger partial charge in [0.25, 0.3) is 5.91 Å². The van der Waals surface area contributed by atoms with Crippen LogP contribution in [0.2, 0.25) is 5.02 Å². The fraction of sp³-hybridized carbons (Fsp3) is 0.250. The van der Waals surface area contributed by atoms with Gasteiger partial charge >= 0.3 is 0 Å². The first-order chi connectivity index (χ1) is 16.2. The van der Waals surface area contributed by atoms with Crippen LogP contribution in [0.3, 0.4) is 0 Å². The van der Waals surface area contributed by atoms with Crippen LogP contribution >= 0.6 is 36.4 Å². The molecule has 2 atom stereocenters. The molecule has 0 spiro atoms. The van der Waals surface area contributed by atoms with Crippen molar-refractivity contribution >= 4 is 53.7 Å². The fourth-order valence-electron chi connectivity index (χ4n) is 4.31. The number of nitrogens with zero attached hydrogens (tertiary/aromatic N) is 2. The Kier molecular flexibility index (Phi) is 9.96. The van der Waals surface area contributed by atoms with E-state index < -0.39 is 45.9 Å². The molecule has 0 saturated carbocycles. The SMILES string of the molecule is C[C@@H]1C[C@H](N)CN(c2c(Cl)cncc2NC(=O)c2ccc(F)c(-c3c(F)cccc3F)c2F)C1.Cl.Cl. The van der Waals surface area contributed by atoms with Gasteiger partial charge in [-0.2, -0.15) is 0 Å². The van der Waals surface area contributed by atoms with Gasteiger partial charge in [0.05, 0.1) is 39.3 Å². The highest BCUT2D eigenvalue weighted by Gasteiger charge is 2.28. The highest BCUT2D eigenvalue weighted by molar-refractivity contribution is 6.34. The molecule has 1 aliphatic rings. The third-order valence-electron chi connectivity index (χ3n) is 5.68. The van der Waals surface area contributed by atoms with E-state index in [9.17, 15) is 18.0 Å². The summed E-state index contributed by atoms with van der Waals surface area (Å²) in [6, 6.07) is 4.39. The van der Waals surface area contributed by atoms with Crippen LogP contribution in [-0.4, -0.2) is 30.0 Å². The number of carbonyl (C=O) groups excluding carboxylic acids is 1. The maximum Gasteiger partial charge on any atom is 0.258 e. The van der Waals surface area contributed by atoms with Gasteiger partial charge < -0.3 is 16.0 Å². The third kappa shape index (κ3) is 5.86. The number of carbonyl (C=O) groups is 1. The molecule has 2 aromatic carbocycles. The van der Waals surface area contributed by atoms with Crippen molar-refractivity contribution in [3.8, 4) is 11.1 Å². The van der Waals surface area contributed by atoms with Crippen molar-refractivity contribution in [3.63, 3.8) is 0 Å². The lowest BCUT2D eigenvalue weighted by Crippen LogP contribution is -2.46. The van der Waals surface area contributed by atoms with Crippen molar-refractivity contribution in [2.45, 2.75) is 19.4 Å². The minimum atomic E-state index is -1.40. The second-order valence-corrected chi connectivity index (χ2v) is 8.77. The van der Waals surface area contributed by atoms with E-state index >= 15 is 4.39 Å². The summed E-state index contributed by atoms with van der Waals surface area (Å²) < 4.78 is 58.2. The lowest BCUT2D eigenvalue weighted by atomic mass is 9.96. The molecule has 1 saturated heterocycles. The van der Waals surface area contributed by atoms with Crippen LogP contribution in [0.1, 0.15) is 23.7 Å². The molecular weight excluding hydrogens is 543 g/mol. The maximum atomic E-state index is 15.3. The Morgan fingerprint density at radius 3 is 2.31 bits per heavy atom. The number of nitrogens with one attached hydrogen (secondary N) is 1. The minimum Gasteiger partial charge on any atom is -0.367 e. The van der Waals surface area contributed by atoms with Crippen LogP contribution in [0, 0.1) is 29.2 Å². The van der Waals surface area contributed by atoms with E-state index in [0.29, 0.717) is 18.8 Å². The minimum absolute atomic E-state index is 0. The molecule has 3 N–H and O–H groups in total. The molecule has 1 fully saturated rings. The second-order valence-electron chi connectivity index (χ2n) is 8.36. The summed E-state index contributed by atoms with van der Waals surface area (Å²) in [6.45, 7) is 3.15. The van der Waals surface area contributed by atoms with Crippen LogP contribution in [0.25, 0.3) is 11.1 Å². The van der Waals surface area contributed by atoms with Gasteiger partial charge in [0, 0.05) is 25.3 Å². The third-order valence-corrected chi connectivity index (χ3v) is 5.95. The van der Waals surface area contributed by atoms with Gasteiger partial charge in [-0.3, -0.25) is 9.78 Å². The first-order valence-electron chi connectivity index (χ1n) is 10.5. The molecule has 0 radical (unpaired) electrons. The Morgan fingerprint density at radius 2 is 1.67 bits per heavy atom. The molecule has 4 rings (SSSR count). The number of benzene rings is 2. The van der Waals surface area contributed by atoms with Crippen molar-refractivity contribution in [3.05, 3.63) is 76.6 Å². The van der Waals surface area contributed by atoms with Crippen LogP contribution in [0.4, 0.5) is 28.9 Å². The van der Waals surface area contributed by atoms with E-state index in [1.807, 2.05) is 11.8 Å². The van der Waals surface area contributed by atoms with Gasteiger partial charge in [-0.1, -0.05) is 24.6 Å². The number of pyridine rings is 1. The molecule has 0 bridgehead atoms. The Labute approximate surface area is 222 Å². The van der Waals surface area contributed by atoms with E-state index in [4.69, 9.17) is 17.3 Å². The van der Waals surface area contributed by atoms with Crippen molar-refractivity contribution in [1.82, 2.24) is 4.98 Å². The summed E-state index contributed by atoms with van der Waals surface area (Å²) in [4.78, 5) is 18.9. The Morgan fingerprint density at radius 1 is 1.03 bits per heavy atom. The van der Waals surface area contributed by atoms with Crippen molar-refractivity contribution < 1.29 is 22.4 Å². The Bertz CT molecular complexity index is 1230. The summed E-state index contributed by atoms with van der Waals surface area (Å²) in [5.41, 5.74) is 4.34. The summed E-state index contributed by atoms with van der Waals surface area (Å²) in [5, 5.41) is 2.80. The molecule has 194 valence electrons. The Balaban J connectivity index is 0.00000228. The average molecular weight is 566 g/mol. The normalized spacial score (nSPS) is 17.1. The molecule has 2 heterocycles. The van der Waals surface area contributed by atoms with Crippen LogP contribution < -0.4 is 16.0 Å². The van der Waals surface area contributed by atoms with E-state index in [-0.39, 0.29) is 47.5 Å². The number of piperidine rings is 1. The number of halogens is 7. The van der Waals surface area contributed by atoms with Crippen LogP contribution in [0.15, 0.2) is 42.7 Å². The fourth-order valence-corrected chi connectivity index (χ4v) is 4.58. The quantitative estimate of drug-likeness (QED) is 0.368. The number of rotatable bonds is 4. The monoisotopic (exact) mass is 564 g/mol. The first kappa shape index (κ1) is 29.6. The van der Waals surface area contributed by atoms with Crippen molar-refractivity contribution in [1.29, 1.82) is 0 Å². The van der Waals surface area contributed by atoms with E-state index in [1.54, 1.807) is 0 Å². The van der Waals surface area contributed by atoms with Crippen LogP contribution in [0.5, 0.6) is 0 Å². The van der Waals surface area contributed by atoms with E-state index in [0.717, 1.165) is 36.8 Å². The second kappa shape index (κ2) is 12.1. The molecule has 1 aromatic heterocycles. The van der Waals surface area contributed by atoms with Crippen LogP contribution in [-0.2, 0) is 0 Å². The van der Waals surface area contributed by atoms with Gasteiger partial charge in [0.2, 0.25) is 0 Å². The number of anilines is 2. The smallest absolute Gasteiger partial charge is 0.258 e. The molecule has 1 aliphatic heterocycles. The van der Waals surface area contributed by atoms with Gasteiger partial charge in [-0.25, -0.2) is 17.6 Å². The summed E-state index contributed by atoms with van der Waals surface area (Å²) in [6.07, 6.45) is 3.59. The molecule has 3 aromatic rings. The Hall–Kier alpha value is -2.59. The number of hydrogen-bond donors (Lipinski definition) is 2. The first-order valence-corrected chi connectivity index (χ1v) is 10.9. The predicted octanol–water partition coefficient (Wildman–Crippen LogP) is 6.23. The average Bonchev–Trinajstić information content (AvgIpc) is 2.75. The van der Waals surface area contributed by atoms with E-state index in [1.165, 1.54) is 12.4 Å². The van der Waals surface area contributed by atoms with Gasteiger partial charge in [0.15, 0.2) is 0 Å². The standard InChI is InChI=1S/C24H21ClF4N4O.2ClH/c1-12-7-13(30)11-33(10-12)23-15(25)8-31-9-19(23)32-24(34)14-5-6-18(28)21(22(14)29)20-16(26)3-2-4-17(20)27;;/h2-6,8-9,12-13H,7,10-11,30H2,1H3,(H,32,34);2*1H/t12-,13+;;/m1../s1. The predicted molar refractivity (Wildman–Crippen MR) is 137 cm³/mol. The molecule has 0 aliphatic carbocycles. The largest absolute Gasteiger partial charge is 0.367 e.